The van der Waals surface area contributed by atoms with E-state index in [9.17, 15) is 19.2 Å². The molecule has 2 aromatic rings. The Labute approximate surface area is 195 Å². The van der Waals surface area contributed by atoms with E-state index in [0.29, 0.717) is 34.9 Å². The van der Waals surface area contributed by atoms with Crippen molar-refractivity contribution in [1.29, 1.82) is 0 Å². The molecule has 4 aliphatic carbocycles. The second-order valence-corrected chi connectivity index (χ2v) is 10.3. The van der Waals surface area contributed by atoms with Crippen molar-refractivity contribution in [3.8, 4) is 11.4 Å². The monoisotopic (exact) mass is 462 g/mol. The van der Waals surface area contributed by atoms with Crippen molar-refractivity contribution in [2.24, 2.45) is 23.2 Å². The van der Waals surface area contributed by atoms with Crippen molar-refractivity contribution in [3.05, 3.63) is 45.7 Å². The maximum Gasteiger partial charge on any atom is 0.262 e. The third-order valence-electron chi connectivity index (χ3n) is 8.16. The predicted octanol–water partition coefficient (Wildman–Crippen LogP) is 2.47. The maximum absolute atomic E-state index is 13.5. The summed E-state index contributed by atoms with van der Waals surface area (Å²) in [6.45, 7) is 0. The Bertz CT molecular complexity index is 1290. The number of hydrogen-bond donors (Lipinski definition) is 3. The largest absolute Gasteiger partial charge is 0.494 e. The van der Waals surface area contributed by atoms with Crippen LogP contribution in [0.2, 0.25) is 0 Å². The lowest BCUT2D eigenvalue weighted by molar-refractivity contribution is -0.140. The van der Waals surface area contributed by atoms with Gasteiger partial charge in [-0.15, -0.1) is 0 Å². The first-order chi connectivity index (χ1) is 16.3. The molecule has 0 spiro atoms. The van der Waals surface area contributed by atoms with Crippen LogP contribution >= 0.6 is 0 Å². The molecule has 0 saturated heterocycles. The Kier molecular flexibility index (Phi) is 4.43. The summed E-state index contributed by atoms with van der Waals surface area (Å²) in [5.74, 6) is 0.970. The number of nitrogen functional groups attached to an aromatic ring is 1. The zero-order chi connectivity index (χ0) is 23.8. The molecule has 4 bridgehead atoms. The third kappa shape index (κ3) is 2.99. The van der Waals surface area contributed by atoms with E-state index >= 15 is 0 Å². The Morgan fingerprint density at radius 1 is 1.06 bits per heavy atom. The first-order valence-corrected chi connectivity index (χ1v) is 11.7. The van der Waals surface area contributed by atoms with Crippen molar-refractivity contribution in [2.75, 3.05) is 18.2 Å². The number of ether oxygens (including phenoxy) is 1. The van der Waals surface area contributed by atoms with Crippen LogP contribution in [-0.4, -0.2) is 29.4 Å². The fraction of sp³-hybridized carbons (Fsp3) is 0.440. The lowest BCUT2D eigenvalue weighted by atomic mass is 9.49. The molecule has 4 saturated carbocycles. The van der Waals surface area contributed by atoms with Crippen LogP contribution in [0.1, 0.15) is 59.2 Å². The number of benzene rings is 1. The van der Waals surface area contributed by atoms with Gasteiger partial charge >= 0.3 is 0 Å². The van der Waals surface area contributed by atoms with E-state index in [1.807, 2.05) is 0 Å². The van der Waals surface area contributed by atoms with Crippen molar-refractivity contribution >= 4 is 29.2 Å². The van der Waals surface area contributed by atoms with E-state index < -0.39 is 17.4 Å². The van der Waals surface area contributed by atoms with E-state index in [2.05, 4.69) is 10.6 Å². The first-order valence-electron chi connectivity index (χ1n) is 11.7. The molecule has 0 radical (unpaired) electrons. The number of amides is 3. The van der Waals surface area contributed by atoms with Crippen LogP contribution in [0.15, 0.2) is 29.1 Å². The van der Waals surface area contributed by atoms with Gasteiger partial charge in [-0.1, -0.05) is 0 Å². The zero-order valence-electron chi connectivity index (χ0n) is 18.8. The van der Waals surface area contributed by atoms with E-state index in [-0.39, 0.29) is 28.3 Å². The quantitative estimate of drug-likeness (QED) is 0.598. The molecule has 7 rings (SSSR count). The Hall–Kier alpha value is -3.62. The molecule has 176 valence electrons. The summed E-state index contributed by atoms with van der Waals surface area (Å²) in [4.78, 5) is 50.3. The molecule has 0 atom stereocenters. The fourth-order valence-corrected chi connectivity index (χ4v) is 7.11. The van der Waals surface area contributed by atoms with Crippen LogP contribution in [0.25, 0.3) is 5.69 Å². The molecule has 3 amide bonds. The Balaban J connectivity index is 1.33. The number of carbonyl (C=O) groups excluding carboxylic acids is 3. The van der Waals surface area contributed by atoms with Crippen molar-refractivity contribution < 1.29 is 19.1 Å². The second kappa shape index (κ2) is 7.19. The molecule has 9 nitrogen and oxygen atoms in total. The zero-order valence-corrected chi connectivity index (χ0v) is 18.8. The second-order valence-electron chi connectivity index (χ2n) is 10.3. The lowest BCUT2D eigenvalue weighted by Gasteiger charge is -2.55. The summed E-state index contributed by atoms with van der Waals surface area (Å²) in [7, 11) is 1.49. The van der Waals surface area contributed by atoms with Crippen LogP contribution in [0.3, 0.4) is 0 Å². The number of rotatable bonds is 4. The highest BCUT2D eigenvalue weighted by molar-refractivity contribution is 6.23. The molecule has 4 N–H and O–H groups in total. The molecule has 4 fully saturated rings. The Morgan fingerprint density at radius 2 is 1.71 bits per heavy atom. The molecule has 1 aliphatic heterocycles. The number of imide groups is 1. The molecule has 1 aromatic heterocycles. The highest BCUT2D eigenvalue weighted by Crippen LogP contribution is 2.60. The van der Waals surface area contributed by atoms with Gasteiger partial charge in [0.25, 0.3) is 17.4 Å². The van der Waals surface area contributed by atoms with Crippen LogP contribution in [0, 0.1) is 23.2 Å². The molecule has 9 heteroatoms. The van der Waals surface area contributed by atoms with Gasteiger partial charge in [-0.25, -0.2) is 0 Å². The minimum Gasteiger partial charge on any atom is -0.494 e. The van der Waals surface area contributed by atoms with Crippen molar-refractivity contribution in [3.63, 3.8) is 0 Å². The normalized spacial score (nSPS) is 28.6. The van der Waals surface area contributed by atoms with Crippen molar-refractivity contribution in [2.45, 2.75) is 38.5 Å². The van der Waals surface area contributed by atoms with Gasteiger partial charge < -0.3 is 15.8 Å². The number of carbonyl (C=O) groups is 3. The molecule has 0 unspecified atom stereocenters. The number of nitrogens with zero attached hydrogens (tertiary/aromatic N) is 1. The molecular formula is C25H26N4O5. The van der Waals surface area contributed by atoms with Crippen molar-refractivity contribution in [1.82, 2.24) is 9.88 Å². The number of aromatic nitrogens is 1. The number of methoxy groups -OCH3 is 1. The molecule has 5 aliphatic rings. The minimum atomic E-state index is -0.642. The van der Waals surface area contributed by atoms with Crippen LogP contribution < -0.4 is 26.7 Å². The number of pyridine rings is 1. The average Bonchev–Trinajstić information content (AvgIpc) is 3.06. The molecule has 34 heavy (non-hydrogen) atoms. The van der Waals surface area contributed by atoms with Crippen LogP contribution in [-0.2, 0) is 4.79 Å². The van der Waals surface area contributed by atoms with E-state index in [4.69, 9.17) is 10.5 Å². The van der Waals surface area contributed by atoms with E-state index in [1.54, 1.807) is 18.2 Å². The predicted molar refractivity (Wildman–Crippen MR) is 124 cm³/mol. The molecule has 2 heterocycles. The summed E-state index contributed by atoms with van der Waals surface area (Å²) < 4.78 is 6.69. The summed E-state index contributed by atoms with van der Waals surface area (Å²) in [6.07, 6.45) is 6.62. The SMILES string of the molecule is COc1cc(-n2c(N)c3c(cc2=O)C(=O)NC3=O)ccc1NC(=O)C12CC3CC(CC(C3)C1)C2. The van der Waals surface area contributed by atoms with Crippen LogP contribution in [0.4, 0.5) is 11.5 Å². The topological polar surface area (TPSA) is 133 Å². The van der Waals surface area contributed by atoms with Gasteiger partial charge in [0.2, 0.25) is 5.91 Å². The van der Waals surface area contributed by atoms with Gasteiger partial charge in [0, 0.05) is 12.1 Å². The van der Waals surface area contributed by atoms with Gasteiger partial charge in [0.15, 0.2) is 0 Å². The molecular weight excluding hydrogens is 436 g/mol. The maximum atomic E-state index is 13.5. The average molecular weight is 463 g/mol. The number of hydrogen-bond acceptors (Lipinski definition) is 6. The standard InChI is InChI=1S/C25H26N4O5/c1-34-18-7-15(29-19(30)8-16-20(21(29)26)23(32)28-22(16)31)2-3-17(18)27-24(33)25-9-12-4-13(10-25)6-14(5-12)11-25/h2-3,7-8,12-14H,4-6,9-11,26H2,1H3,(H,27,33)(H,28,31,32). The number of nitrogens with one attached hydrogen (secondary N) is 2. The summed E-state index contributed by atoms with van der Waals surface area (Å²) in [5, 5.41) is 5.24. The highest BCUT2D eigenvalue weighted by atomic mass is 16.5. The van der Waals surface area contributed by atoms with Crippen LogP contribution in [0.5, 0.6) is 5.75 Å². The summed E-state index contributed by atoms with van der Waals surface area (Å²) in [5.41, 5.74) is 6.11. The number of anilines is 2. The number of fused-ring (bicyclic) bond motifs is 1. The summed E-state index contributed by atoms with van der Waals surface area (Å²) >= 11 is 0. The third-order valence-corrected chi connectivity index (χ3v) is 8.16. The highest BCUT2D eigenvalue weighted by Gasteiger charge is 2.54. The van der Waals surface area contributed by atoms with Gasteiger partial charge in [-0.2, -0.15) is 0 Å². The van der Waals surface area contributed by atoms with E-state index in [0.717, 1.165) is 29.9 Å². The smallest absolute Gasteiger partial charge is 0.262 e. The van der Waals surface area contributed by atoms with Gasteiger partial charge in [-0.05, 0) is 68.4 Å². The lowest BCUT2D eigenvalue weighted by Crippen LogP contribution is -2.51. The Morgan fingerprint density at radius 3 is 2.32 bits per heavy atom. The first kappa shape index (κ1) is 20.9. The summed E-state index contributed by atoms with van der Waals surface area (Å²) in [6, 6.07) is 6.00. The van der Waals surface area contributed by atoms with Gasteiger partial charge in [0.1, 0.15) is 11.6 Å². The fourth-order valence-electron chi connectivity index (χ4n) is 7.11. The number of nitrogens with two attached hydrogens (primary N) is 1. The van der Waals surface area contributed by atoms with Gasteiger partial charge in [0.05, 0.1) is 35.0 Å². The molecule has 1 aromatic carbocycles. The van der Waals surface area contributed by atoms with E-state index in [1.165, 1.54) is 26.4 Å². The minimum absolute atomic E-state index is 0.0252. The van der Waals surface area contributed by atoms with Gasteiger partial charge in [-0.3, -0.25) is 29.1 Å².